The number of thiocarbonyl (C=S) groups is 1. The standard InChI is InChI=1S/C23H19FN4OS/c1-15-7-6-8-16(13-15)14-28-20-12-5-2-9-17(20)21(22(28)29)26-27-23(30)25-19-11-4-3-10-18(19)24/h2-13,29H,14H2,1H3,(H,25,30). The lowest BCUT2D eigenvalue weighted by molar-refractivity contribution is 0.429. The van der Waals surface area contributed by atoms with E-state index >= 15 is 0 Å². The van der Waals surface area contributed by atoms with Crippen LogP contribution in [-0.2, 0) is 6.54 Å². The number of nitrogens with zero attached hydrogens (tertiary/aromatic N) is 3. The van der Waals surface area contributed by atoms with E-state index in [2.05, 4.69) is 21.6 Å². The van der Waals surface area contributed by atoms with Crippen molar-refractivity contribution >= 4 is 39.6 Å². The Morgan fingerprint density at radius 1 is 1.07 bits per heavy atom. The average Bonchev–Trinajstić information content (AvgIpc) is 2.99. The summed E-state index contributed by atoms with van der Waals surface area (Å²) in [5, 5.41) is 22.5. The van der Waals surface area contributed by atoms with Crippen molar-refractivity contribution in [1.29, 1.82) is 0 Å². The number of hydrogen-bond acceptors (Lipinski definition) is 3. The van der Waals surface area contributed by atoms with Gasteiger partial charge in [-0.3, -0.25) is 0 Å². The summed E-state index contributed by atoms with van der Waals surface area (Å²) in [6, 6.07) is 21.8. The van der Waals surface area contributed by atoms with Gasteiger partial charge in [-0.2, -0.15) is 0 Å². The molecule has 0 spiro atoms. The predicted molar refractivity (Wildman–Crippen MR) is 121 cm³/mol. The van der Waals surface area contributed by atoms with Gasteiger partial charge in [0.1, 0.15) is 5.82 Å². The second-order valence-electron chi connectivity index (χ2n) is 6.87. The summed E-state index contributed by atoms with van der Waals surface area (Å²) in [5.41, 5.74) is 3.57. The van der Waals surface area contributed by atoms with Gasteiger partial charge in [0, 0.05) is 5.39 Å². The lowest BCUT2D eigenvalue weighted by Crippen LogP contribution is -2.06. The highest BCUT2D eigenvalue weighted by molar-refractivity contribution is 7.80. The van der Waals surface area contributed by atoms with Gasteiger partial charge >= 0.3 is 0 Å². The minimum atomic E-state index is -0.437. The van der Waals surface area contributed by atoms with Crippen LogP contribution < -0.4 is 5.32 Å². The van der Waals surface area contributed by atoms with E-state index in [1.54, 1.807) is 22.8 Å². The van der Waals surface area contributed by atoms with Crippen molar-refractivity contribution in [2.24, 2.45) is 10.2 Å². The molecule has 30 heavy (non-hydrogen) atoms. The number of hydrogen-bond donors (Lipinski definition) is 2. The molecule has 0 aliphatic rings. The normalized spacial score (nSPS) is 11.3. The second-order valence-corrected chi connectivity index (χ2v) is 7.26. The van der Waals surface area contributed by atoms with Crippen LogP contribution in [0.25, 0.3) is 10.9 Å². The molecule has 0 aliphatic carbocycles. The van der Waals surface area contributed by atoms with E-state index in [1.165, 1.54) is 6.07 Å². The third-order valence-electron chi connectivity index (χ3n) is 4.70. The average molecular weight is 418 g/mol. The maximum Gasteiger partial charge on any atom is 0.221 e. The van der Waals surface area contributed by atoms with E-state index in [9.17, 15) is 9.50 Å². The monoisotopic (exact) mass is 418 g/mol. The predicted octanol–water partition coefficient (Wildman–Crippen LogP) is 6.32. The zero-order valence-electron chi connectivity index (χ0n) is 16.2. The van der Waals surface area contributed by atoms with Crippen LogP contribution in [0.15, 0.2) is 83.0 Å². The molecular weight excluding hydrogens is 399 g/mol. The third-order valence-corrected chi connectivity index (χ3v) is 4.88. The molecule has 1 aromatic heterocycles. The second kappa shape index (κ2) is 8.42. The fraction of sp³-hybridized carbons (Fsp3) is 0.0870. The smallest absolute Gasteiger partial charge is 0.221 e. The Morgan fingerprint density at radius 3 is 2.63 bits per heavy atom. The van der Waals surface area contributed by atoms with Crippen LogP contribution in [0.2, 0.25) is 0 Å². The van der Waals surface area contributed by atoms with Crippen LogP contribution >= 0.6 is 12.2 Å². The Bertz CT molecular complexity index is 1270. The van der Waals surface area contributed by atoms with Crippen LogP contribution in [0, 0.1) is 12.7 Å². The summed E-state index contributed by atoms with van der Waals surface area (Å²) in [7, 11) is 0. The molecular formula is C23H19FN4OS. The first-order valence-corrected chi connectivity index (χ1v) is 9.77. The van der Waals surface area contributed by atoms with E-state index in [-0.39, 0.29) is 16.7 Å². The molecule has 0 radical (unpaired) electrons. The lowest BCUT2D eigenvalue weighted by atomic mass is 10.1. The number of nitrogens with one attached hydrogen (secondary N) is 1. The van der Waals surface area contributed by atoms with Gasteiger partial charge in [0.05, 0.1) is 17.7 Å². The van der Waals surface area contributed by atoms with Crippen LogP contribution in [-0.4, -0.2) is 14.8 Å². The highest BCUT2D eigenvalue weighted by atomic mass is 32.1. The van der Waals surface area contributed by atoms with Crippen molar-refractivity contribution in [2.75, 3.05) is 5.32 Å². The van der Waals surface area contributed by atoms with Gasteiger partial charge in [-0.15, -0.1) is 10.2 Å². The van der Waals surface area contributed by atoms with Gasteiger partial charge in [-0.05, 0) is 42.9 Å². The molecule has 4 rings (SSSR count). The number of azo groups is 1. The number of halogens is 1. The van der Waals surface area contributed by atoms with Crippen molar-refractivity contribution in [3.63, 3.8) is 0 Å². The Hall–Kier alpha value is -3.58. The molecule has 0 saturated heterocycles. The number of anilines is 1. The Kier molecular flexibility index (Phi) is 5.54. The highest BCUT2D eigenvalue weighted by Crippen LogP contribution is 2.39. The van der Waals surface area contributed by atoms with Crippen LogP contribution in [0.1, 0.15) is 11.1 Å². The zero-order valence-corrected chi connectivity index (χ0v) is 17.0. The van der Waals surface area contributed by atoms with Gasteiger partial charge in [0.2, 0.25) is 11.0 Å². The third kappa shape index (κ3) is 4.06. The highest BCUT2D eigenvalue weighted by Gasteiger charge is 2.17. The molecule has 150 valence electrons. The first kappa shape index (κ1) is 19.7. The molecule has 0 bridgehead atoms. The first-order chi connectivity index (χ1) is 14.5. The molecule has 2 N–H and O–H groups in total. The van der Waals surface area contributed by atoms with Crippen molar-refractivity contribution in [3.05, 3.63) is 89.7 Å². The quantitative estimate of drug-likeness (QED) is 0.301. The van der Waals surface area contributed by atoms with Gasteiger partial charge in [0.15, 0.2) is 5.69 Å². The molecule has 0 amide bonds. The topological polar surface area (TPSA) is 61.9 Å². The van der Waals surface area contributed by atoms with Crippen molar-refractivity contribution in [3.8, 4) is 5.88 Å². The lowest BCUT2D eigenvalue weighted by Gasteiger charge is -2.08. The van der Waals surface area contributed by atoms with E-state index < -0.39 is 5.82 Å². The molecule has 0 fully saturated rings. The van der Waals surface area contributed by atoms with E-state index in [0.717, 1.165) is 22.0 Å². The van der Waals surface area contributed by atoms with Gasteiger partial charge in [-0.25, -0.2) is 4.39 Å². The molecule has 0 unspecified atom stereocenters. The van der Waals surface area contributed by atoms with Gasteiger partial charge in [-0.1, -0.05) is 60.2 Å². The minimum absolute atomic E-state index is 0.00449. The number of fused-ring (bicyclic) bond motifs is 1. The fourth-order valence-corrected chi connectivity index (χ4v) is 3.47. The molecule has 4 aromatic rings. The van der Waals surface area contributed by atoms with E-state index in [1.807, 2.05) is 49.4 Å². The van der Waals surface area contributed by atoms with Crippen LogP contribution in [0.5, 0.6) is 5.88 Å². The van der Waals surface area contributed by atoms with E-state index in [4.69, 9.17) is 12.2 Å². The zero-order chi connectivity index (χ0) is 21.1. The first-order valence-electron chi connectivity index (χ1n) is 9.36. The molecule has 5 nitrogen and oxygen atoms in total. The molecule has 1 heterocycles. The van der Waals surface area contributed by atoms with E-state index in [0.29, 0.717) is 12.2 Å². The molecule has 3 aromatic carbocycles. The molecule has 7 heteroatoms. The molecule has 0 aliphatic heterocycles. The fourth-order valence-electron chi connectivity index (χ4n) is 3.32. The summed E-state index contributed by atoms with van der Waals surface area (Å²) in [5.74, 6) is -0.442. The maximum atomic E-state index is 13.8. The maximum absolute atomic E-state index is 13.8. The van der Waals surface area contributed by atoms with Crippen LogP contribution in [0.3, 0.4) is 0 Å². The number of aryl methyl sites for hydroxylation is 1. The number of aromatic nitrogens is 1. The minimum Gasteiger partial charge on any atom is -0.493 e. The number of rotatable bonds is 4. The summed E-state index contributed by atoms with van der Waals surface area (Å²) in [6.07, 6.45) is 0. The Morgan fingerprint density at radius 2 is 1.83 bits per heavy atom. The summed E-state index contributed by atoms with van der Waals surface area (Å²) >= 11 is 5.16. The number of para-hydroxylation sites is 2. The largest absolute Gasteiger partial charge is 0.493 e. The number of aromatic hydroxyl groups is 1. The Labute approximate surface area is 178 Å². The Balaban J connectivity index is 1.66. The molecule has 0 saturated carbocycles. The van der Waals surface area contributed by atoms with Gasteiger partial charge in [0.25, 0.3) is 0 Å². The summed E-state index contributed by atoms with van der Waals surface area (Å²) in [4.78, 5) is 0. The molecule has 0 atom stereocenters. The van der Waals surface area contributed by atoms with Crippen molar-refractivity contribution < 1.29 is 9.50 Å². The van der Waals surface area contributed by atoms with Crippen molar-refractivity contribution in [2.45, 2.75) is 13.5 Å². The SMILES string of the molecule is Cc1cccc(Cn2c(O)c(N=NC(=S)Nc3ccccc3F)c3ccccc32)c1. The summed E-state index contributed by atoms with van der Waals surface area (Å²) in [6.45, 7) is 2.52. The van der Waals surface area contributed by atoms with Crippen LogP contribution in [0.4, 0.5) is 15.8 Å². The van der Waals surface area contributed by atoms with Gasteiger partial charge < -0.3 is 15.0 Å². The number of benzene rings is 3. The van der Waals surface area contributed by atoms with Crippen molar-refractivity contribution in [1.82, 2.24) is 4.57 Å². The summed E-state index contributed by atoms with van der Waals surface area (Å²) < 4.78 is 15.6.